The highest BCUT2D eigenvalue weighted by Gasteiger charge is 2.18. The Kier molecular flexibility index (Phi) is 6.20. The van der Waals surface area contributed by atoms with Gasteiger partial charge in [-0.15, -0.1) is 0 Å². The minimum absolute atomic E-state index is 0.0931. The summed E-state index contributed by atoms with van der Waals surface area (Å²) in [4.78, 5) is 6.69. The first-order valence-electron chi connectivity index (χ1n) is 6.78. The van der Waals surface area contributed by atoms with Crippen molar-refractivity contribution in [1.82, 2.24) is 10.3 Å². The van der Waals surface area contributed by atoms with Crippen LogP contribution < -0.4 is 10.2 Å². The summed E-state index contributed by atoms with van der Waals surface area (Å²) in [5.74, 6) is 1.09. The van der Waals surface area contributed by atoms with Gasteiger partial charge in [-0.3, -0.25) is 0 Å². The van der Waals surface area contributed by atoms with Crippen molar-refractivity contribution < 1.29 is 4.42 Å². The summed E-state index contributed by atoms with van der Waals surface area (Å²) < 4.78 is 5.59. The number of hydrogen-bond donors (Lipinski definition) is 1. The van der Waals surface area contributed by atoms with Crippen LogP contribution in [0, 0.1) is 0 Å². The number of nitrogens with zero attached hydrogens (tertiary/aromatic N) is 2. The molecule has 5 heteroatoms. The zero-order valence-electron chi connectivity index (χ0n) is 13.0. The fourth-order valence-electron chi connectivity index (χ4n) is 1.75. The number of thioether (sulfide) groups is 1. The van der Waals surface area contributed by atoms with Crippen LogP contribution in [0.25, 0.3) is 0 Å². The summed E-state index contributed by atoms with van der Waals surface area (Å²) in [5.41, 5.74) is 1.05. The number of anilines is 1. The van der Waals surface area contributed by atoms with E-state index >= 15 is 0 Å². The summed E-state index contributed by atoms with van der Waals surface area (Å²) >= 11 is 1.85. The summed E-state index contributed by atoms with van der Waals surface area (Å²) in [7, 11) is 2.05. The maximum atomic E-state index is 5.59. The van der Waals surface area contributed by atoms with Gasteiger partial charge in [-0.05, 0) is 33.4 Å². The van der Waals surface area contributed by atoms with Gasteiger partial charge in [0.05, 0.1) is 5.69 Å². The second kappa shape index (κ2) is 7.20. The smallest absolute Gasteiger partial charge is 0.297 e. The van der Waals surface area contributed by atoms with E-state index in [4.69, 9.17) is 4.42 Å². The van der Waals surface area contributed by atoms with E-state index in [-0.39, 0.29) is 5.54 Å². The van der Waals surface area contributed by atoms with Gasteiger partial charge >= 0.3 is 0 Å². The molecule has 0 amide bonds. The first-order valence-corrected chi connectivity index (χ1v) is 8.18. The number of hydrogen-bond acceptors (Lipinski definition) is 5. The predicted molar refractivity (Wildman–Crippen MR) is 84.0 cm³/mol. The average molecular weight is 285 g/mol. The Labute approximate surface area is 121 Å². The molecule has 1 aromatic rings. The van der Waals surface area contributed by atoms with Gasteiger partial charge in [0.15, 0.2) is 0 Å². The highest BCUT2D eigenvalue weighted by Crippen LogP contribution is 2.18. The lowest BCUT2D eigenvalue weighted by Crippen LogP contribution is -2.35. The normalized spacial score (nSPS) is 13.6. The van der Waals surface area contributed by atoms with E-state index in [1.54, 1.807) is 6.26 Å². The van der Waals surface area contributed by atoms with E-state index in [1.165, 1.54) is 0 Å². The van der Waals surface area contributed by atoms with Crippen LogP contribution in [0.3, 0.4) is 0 Å². The Hall–Kier alpha value is -0.680. The molecule has 1 aromatic heterocycles. The molecule has 1 unspecified atom stereocenters. The molecule has 1 atom stereocenters. The van der Waals surface area contributed by atoms with Crippen LogP contribution in [0.2, 0.25) is 0 Å². The molecule has 0 saturated heterocycles. The van der Waals surface area contributed by atoms with Crippen molar-refractivity contribution in [3.8, 4) is 0 Å². The Morgan fingerprint density at radius 2 is 2.16 bits per heavy atom. The van der Waals surface area contributed by atoms with Crippen molar-refractivity contribution in [3.63, 3.8) is 0 Å². The Balaban J connectivity index is 2.62. The third-order valence-corrected chi connectivity index (χ3v) is 3.74. The molecule has 1 heterocycles. The minimum atomic E-state index is 0.0931. The van der Waals surface area contributed by atoms with Gasteiger partial charge in [-0.25, -0.2) is 0 Å². The van der Waals surface area contributed by atoms with E-state index in [0.717, 1.165) is 24.4 Å². The van der Waals surface area contributed by atoms with Gasteiger partial charge in [0.25, 0.3) is 6.01 Å². The van der Waals surface area contributed by atoms with Crippen molar-refractivity contribution >= 4 is 17.8 Å². The van der Waals surface area contributed by atoms with Crippen LogP contribution in [0.4, 0.5) is 6.01 Å². The van der Waals surface area contributed by atoms with Crippen molar-refractivity contribution in [3.05, 3.63) is 12.0 Å². The number of nitrogens with one attached hydrogen (secondary N) is 1. The molecule has 0 aliphatic heterocycles. The lowest BCUT2D eigenvalue weighted by atomic mass is 10.1. The Morgan fingerprint density at radius 3 is 2.68 bits per heavy atom. The molecule has 0 radical (unpaired) electrons. The van der Waals surface area contributed by atoms with Gasteiger partial charge < -0.3 is 14.6 Å². The summed E-state index contributed by atoms with van der Waals surface area (Å²) in [6, 6.07) is 1.18. The second-order valence-electron chi connectivity index (χ2n) is 5.85. The van der Waals surface area contributed by atoms with Gasteiger partial charge in [0.1, 0.15) is 6.26 Å². The lowest BCUT2D eigenvalue weighted by molar-refractivity contribution is 0.421. The molecule has 0 aliphatic carbocycles. The molecule has 4 nitrogen and oxygen atoms in total. The van der Waals surface area contributed by atoms with E-state index < -0.39 is 0 Å². The minimum Gasteiger partial charge on any atom is -0.432 e. The van der Waals surface area contributed by atoms with E-state index in [1.807, 2.05) is 11.8 Å². The zero-order valence-corrected chi connectivity index (χ0v) is 13.8. The maximum absolute atomic E-state index is 5.59. The SMILES string of the molecule is CCC(CSC)N(C)c1nc(CNC(C)(C)C)co1. The second-order valence-corrected chi connectivity index (χ2v) is 6.76. The largest absolute Gasteiger partial charge is 0.432 e. The highest BCUT2D eigenvalue weighted by molar-refractivity contribution is 7.98. The Bertz CT molecular complexity index is 373. The molecule has 0 fully saturated rings. The fraction of sp³-hybridized carbons (Fsp3) is 0.786. The van der Waals surface area contributed by atoms with E-state index in [2.05, 4.69) is 56.2 Å². The standard InChI is InChI=1S/C14H27N3OS/c1-7-12(10-19-6)17(5)13-16-11(9-18-13)8-15-14(2,3)4/h9,12,15H,7-8,10H2,1-6H3. The Morgan fingerprint density at radius 1 is 1.47 bits per heavy atom. The van der Waals surface area contributed by atoms with E-state index in [9.17, 15) is 0 Å². The van der Waals surface area contributed by atoms with Gasteiger partial charge in [-0.1, -0.05) is 6.92 Å². The monoisotopic (exact) mass is 285 g/mol. The molecule has 0 saturated carbocycles. The van der Waals surface area contributed by atoms with Crippen LogP contribution in [-0.4, -0.2) is 35.6 Å². The van der Waals surface area contributed by atoms with E-state index in [0.29, 0.717) is 12.1 Å². The van der Waals surface area contributed by atoms with Crippen molar-refractivity contribution in [1.29, 1.82) is 0 Å². The van der Waals surface area contributed by atoms with Crippen molar-refractivity contribution in [2.45, 2.75) is 52.2 Å². The fourth-order valence-corrected chi connectivity index (χ4v) is 2.59. The summed E-state index contributed by atoms with van der Waals surface area (Å²) in [6.07, 6.45) is 4.97. The topological polar surface area (TPSA) is 41.3 Å². The summed E-state index contributed by atoms with van der Waals surface area (Å²) in [5, 5.41) is 3.41. The molecule has 110 valence electrons. The molecular weight excluding hydrogens is 258 g/mol. The quantitative estimate of drug-likeness (QED) is 0.833. The van der Waals surface area contributed by atoms with Crippen LogP contribution in [0.15, 0.2) is 10.7 Å². The molecule has 1 rings (SSSR count). The highest BCUT2D eigenvalue weighted by atomic mass is 32.2. The predicted octanol–water partition coefficient (Wildman–Crippen LogP) is 3.14. The van der Waals surface area contributed by atoms with Crippen LogP contribution >= 0.6 is 11.8 Å². The third kappa shape index (κ3) is 5.45. The van der Waals surface area contributed by atoms with Crippen LogP contribution in [0.5, 0.6) is 0 Å². The number of aromatic nitrogens is 1. The first-order chi connectivity index (χ1) is 8.87. The lowest BCUT2D eigenvalue weighted by Gasteiger charge is -2.24. The zero-order chi connectivity index (χ0) is 14.5. The molecule has 0 spiro atoms. The van der Waals surface area contributed by atoms with Crippen LogP contribution in [0.1, 0.15) is 39.8 Å². The van der Waals surface area contributed by atoms with Crippen LogP contribution in [-0.2, 0) is 6.54 Å². The van der Waals surface area contributed by atoms with Gasteiger partial charge in [0, 0.05) is 30.9 Å². The average Bonchev–Trinajstić information content (AvgIpc) is 2.80. The molecule has 0 aromatic carbocycles. The van der Waals surface area contributed by atoms with Crippen molar-refractivity contribution in [2.75, 3.05) is 24.0 Å². The molecule has 0 bridgehead atoms. The molecule has 19 heavy (non-hydrogen) atoms. The summed E-state index contributed by atoms with van der Waals surface area (Å²) in [6.45, 7) is 9.37. The molecule has 1 N–H and O–H groups in total. The molecular formula is C14H27N3OS. The van der Waals surface area contributed by atoms with Gasteiger partial charge in [0.2, 0.25) is 0 Å². The third-order valence-electron chi connectivity index (χ3n) is 3.02. The van der Waals surface area contributed by atoms with Crippen molar-refractivity contribution in [2.24, 2.45) is 0 Å². The molecule has 0 aliphatic rings. The number of oxazole rings is 1. The first kappa shape index (κ1) is 16.4. The van der Waals surface area contributed by atoms with Gasteiger partial charge in [-0.2, -0.15) is 16.7 Å². The number of rotatable bonds is 7. The maximum Gasteiger partial charge on any atom is 0.297 e.